The van der Waals surface area contributed by atoms with E-state index in [-0.39, 0.29) is 5.82 Å². The first-order valence-electron chi connectivity index (χ1n) is 8.82. The van der Waals surface area contributed by atoms with Crippen LogP contribution in [0.5, 0.6) is 0 Å². The molecule has 0 bridgehead atoms. The molecule has 0 radical (unpaired) electrons. The van der Waals surface area contributed by atoms with Crippen molar-refractivity contribution in [3.05, 3.63) is 77.9 Å². The highest BCUT2D eigenvalue weighted by Crippen LogP contribution is 2.22. The van der Waals surface area contributed by atoms with Crippen LogP contribution in [-0.2, 0) is 12.8 Å². The van der Waals surface area contributed by atoms with Crippen LogP contribution in [0.1, 0.15) is 17.1 Å². The van der Waals surface area contributed by atoms with Gasteiger partial charge in [0.1, 0.15) is 11.2 Å². The summed E-state index contributed by atoms with van der Waals surface area (Å²) in [6.07, 6.45) is 6.67. The van der Waals surface area contributed by atoms with E-state index < -0.39 is 0 Å². The Kier molecular flexibility index (Phi) is 3.57. The molecule has 5 heterocycles. The second kappa shape index (κ2) is 6.09. The predicted octanol–water partition coefficient (Wildman–Crippen LogP) is 4.06. The number of rotatable bonds is 3. The monoisotopic (exact) mass is 357 g/mol. The van der Waals surface area contributed by atoms with Gasteiger partial charge in [0.2, 0.25) is 0 Å². The van der Waals surface area contributed by atoms with Crippen molar-refractivity contribution in [2.24, 2.45) is 0 Å². The van der Waals surface area contributed by atoms with E-state index in [0.29, 0.717) is 17.5 Å². The Hall–Kier alpha value is -3.41. The Morgan fingerprint density at radius 2 is 1.81 bits per heavy atom. The Balaban J connectivity index is 1.51. The van der Waals surface area contributed by atoms with Gasteiger partial charge in [-0.2, -0.15) is 0 Å². The normalized spacial score (nSPS) is 11.6. The predicted molar refractivity (Wildman–Crippen MR) is 102 cm³/mol. The van der Waals surface area contributed by atoms with Crippen molar-refractivity contribution in [3.63, 3.8) is 0 Å². The van der Waals surface area contributed by atoms with E-state index in [1.165, 1.54) is 12.3 Å². The first kappa shape index (κ1) is 15.8. The first-order valence-corrected chi connectivity index (χ1v) is 8.82. The molecule has 0 saturated carbocycles. The van der Waals surface area contributed by atoms with Gasteiger partial charge in [-0.3, -0.25) is 9.97 Å². The maximum atomic E-state index is 14.0. The van der Waals surface area contributed by atoms with Crippen LogP contribution >= 0.6 is 0 Å². The fourth-order valence-corrected chi connectivity index (χ4v) is 3.47. The summed E-state index contributed by atoms with van der Waals surface area (Å²) in [6, 6.07) is 11.0. The third-order valence-electron chi connectivity index (χ3n) is 4.92. The summed E-state index contributed by atoms with van der Waals surface area (Å²) < 4.78 is 16.1. The zero-order chi connectivity index (χ0) is 18.4. The number of fused-ring (bicyclic) bond motifs is 4. The van der Waals surface area contributed by atoms with E-state index in [1.54, 1.807) is 6.20 Å². The number of imidazole rings is 1. The minimum atomic E-state index is -0.343. The quantitative estimate of drug-likeness (QED) is 0.489. The summed E-state index contributed by atoms with van der Waals surface area (Å²) in [5.41, 5.74) is 5.68. The van der Waals surface area contributed by atoms with Gasteiger partial charge in [-0.25, -0.2) is 14.4 Å². The summed E-state index contributed by atoms with van der Waals surface area (Å²) in [5, 5.41) is 1.03. The van der Waals surface area contributed by atoms with Gasteiger partial charge in [0.05, 0.1) is 16.7 Å². The molecule has 0 N–H and O–H groups in total. The second-order valence-electron chi connectivity index (χ2n) is 6.55. The summed E-state index contributed by atoms with van der Waals surface area (Å²) >= 11 is 0. The lowest BCUT2D eigenvalue weighted by Crippen LogP contribution is -1.98. The molecule has 5 nitrogen and oxygen atoms in total. The Bertz CT molecular complexity index is 1310. The van der Waals surface area contributed by atoms with E-state index in [9.17, 15) is 4.39 Å². The van der Waals surface area contributed by atoms with Crippen LogP contribution < -0.4 is 0 Å². The van der Waals surface area contributed by atoms with Crippen LogP contribution in [-0.4, -0.2) is 24.3 Å². The molecule has 0 unspecified atom stereocenters. The SMILES string of the molecule is Cc1c(CCc2ccc3nccc(F)c3n2)nc2c3cccnc3ccn12. The molecule has 0 aliphatic carbocycles. The molecule has 0 aliphatic heterocycles. The molecule has 0 spiro atoms. The smallest absolute Gasteiger partial charge is 0.152 e. The average Bonchev–Trinajstić information content (AvgIpc) is 3.03. The maximum absolute atomic E-state index is 14.0. The number of aryl methyl sites for hydroxylation is 3. The van der Waals surface area contributed by atoms with Crippen LogP contribution in [0.3, 0.4) is 0 Å². The summed E-state index contributed by atoms with van der Waals surface area (Å²) in [5.74, 6) is -0.343. The van der Waals surface area contributed by atoms with Gasteiger partial charge in [-0.15, -0.1) is 0 Å². The third kappa shape index (κ3) is 2.61. The van der Waals surface area contributed by atoms with Crippen LogP contribution in [0.25, 0.3) is 27.6 Å². The van der Waals surface area contributed by atoms with Gasteiger partial charge in [0.15, 0.2) is 5.82 Å². The summed E-state index contributed by atoms with van der Waals surface area (Å²) in [6.45, 7) is 2.06. The number of nitrogens with zero attached hydrogens (tertiary/aromatic N) is 5. The molecule has 0 saturated heterocycles. The van der Waals surface area contributed by atoms with Crippen molar-refractivity contribution >= 4 is 27.6 Å². The number of hydrogen-bond donors (Lipinski definition) is 0. The first-order chi connectivity index (χ1) is 13.2. The maximum Gasteiger partial charge on any atom is 0.152 e. The highest BCUT2D eigenvalue weighted by molar-refractivity contribution is 5.91. The average molecular weight is 357 g/mol. The van der Waals surface area contributed by atoms with Crippen LogP contribution in [0.2, 0.25) is 0 Å². The molecule has 0 amide bonds. The van der Waals surface area contributed by atoms with Gasteiger partial charge in [-0.05, 0) is 56.2 Å². The van der Waals surface area contributed by atoms with Crippen molar-refractivity contribution in [1.82, 2.24) is 24.3 Å². The van der Waals surface area contributed by atoms with Crippen molar-refractivity contribution in [2.75, 3.05) is 0 Å². The lowest BCUT2D eigenvalue weighted by molar-refractivity contribution is 0.634. The summed E-state index contributed by atoms with van der Waals surface area (Å²) in [7, 11) is 0. The van der Waals surface area contributed by atoms with Crippen LogP contribution in [0.4, 0.5) is 4.39 Å². The second-order valence-corrected chi connectivity index (χ2v) is 6.55. The molecule has 132 valence electrons. The van der Waals surface area contributed by atoms with Crippen molar-refractivity contribution in [2.45, 2.75) is 19.8 Å². The fourth-order valence-electron chi connectivity index (χ4n) is 3.47. The Labute approximate surface area is 154 Å². The number of hydrogen-bond acceptors (Lipinski definition) is 4. The van der Waals surface area contributed by atoms with Crippen molar-refractivity contribution in [3.8, 4) is 0 Å². The third-order valence-corrected chi connectivity index (χ3v) is 4.92. The van der Waals surface area contributed by atoms with Crippen LogP contribution in [0, 0.1) is 12.7 Å². The zero-order valence-electron chi connectivity index (χ0n) is 14.7. The Morgan fingerprint density at radius 3 is 2.74 bits per heavy atom. The number of aromatic nitrogens is 5. The zero-order valence-corrected chi connectivity index (χ0v) is 14.7. The van der Waals surface area contributed by atoms with E-state index >= 15 is 0 Å². The highest BCUT2D eigenvalue weighted by Gasteiger charge is 2.12. The van der Waals surface area contributed by atoms with Gasteiger partial charge >= 0.3 is 0 Å². The van der Waals surface area contributed by atoms with Gasteiger partial charge in [0, 0.05) is 35.4 Å². The fraction of sp³-hybridized carbons (Fsp3) is 0.143. The van der Waals surface area contributed by atoms with Crippen molar-refractivity contribution in [1.29, 1.82) is 0 Å². The molecule has 0 fully saturated rings. The molecule has 0 aromatic carbocycles. The highest BCUT2D eigenvalue weighted by atomic mass is 19.1. The van der Waals surface area contributed by atoms with Gasteiger partial charge in [0.25, 0.3) is 0 Å². The lowest BCUT2D eigenvalue weighted by atomic mass is 10.1. The van der Waals surface area contributed by atoms with E-state index in [0.717, 1.165) is 40.1 Å². The van der Waals surface area contributed by atoms with E-state index in [1.807, 2.05) is 36.5 Å². The lowest BCUT2D eigenvalue weighted by Gasteiger charge is -2.03. The Morgan fingerprint density at radius 1 is 0.926 bits per heavy atom. The standard InChI is InChI=1S/C21H16FN5/c1-13-17(26-21-15-3-2-10-23-18(15)9-12-27(13)21)6-4-14-5-7-19-20(25-14)16(22)8-11-24-19/h2-3,5,7-12H,4,6H2,1H3. The number of halogens is 1. The van der Waals surface area contributed by atoms with Gasteiger partial charge in [-0.1, -0.05) is 0 Å². The molecular formula is C21H16FN5. The molecule has 0 atom stereocenters. The minimum absolute atomic E-state index is 0.318. The minimum Gasteiger partial charge on any atom is -0.303 e. The number of pyridine rings is 4. The largest absolute Gasteiger partial charge is 0.303 e. The van der Waals surface area contributed by atoms with Crippen LogP contribution in [0.15, 0.2) is 55.0 Å². The van der Waals surface area contributed by atoms with E-state index in [4.69, 9.17) is 4.98 Å². The topological polar surface area (TPSA) is 56.0 Å². The molecular weight excluding hydrogens is 341 g/mol. The molecule has 6 heteroatoms. The molecule has 0 aliphatic rings. The van der Waals surface area contributed by atoms with Gasteiger partial charge < -0.3 is 4.40 Å². The molecule has 5 aromatic rings. The summed E-state index contributed by atoms with van der Waals surface area (Å²) in [4.78, 5) is 17.8. The van der Waals surface area contributed by atoms with Crippen molar-refractivity contribution < 1.29 is 4.39 Å². The molecule has 5 aromatic heterocycles. The molecule has 5 rings (SSSR count). The molecule has 27 heavy (non-hydrogen) atoms. The van der Waals surface area contributed by atoms with E-state index in [2.05, 4.69) is 26.3 Å².